The van der Waals surface area contributed by atoms with Crippen LogP contribution < -0.4 is 15.0 Å². The zero-order valence-electron chi connectivity index (χ0n) is 19.2. The smallest absolute Gasteiger partial charge is 0.248 e. The molecule has 4 rings (SSSR count). The molecular formula is C27H29FN2O3S. The van der Waals surface area contributed by atoms with Gasteiger partial charge in [0.1, 0.15) is 17.6 Å². The Kier molecular flexibility index (Phi) is 7.95. The van der Waals surface area contributed by atoms with Crippen LogP contribution in [0, 0.1) is 5.82 Å². The second kappa shape index (κ2) is 11.3. The predicted molar refractivity (Wildman–Crippen MR) is 133 cm³/mol. The summed E-state index contributed by atoms with van der Waals surface area (Å²) in [6, 6.07) is 15.9. The van der Waals surface area contributed by atoms with E-state index in [0.29, 0.717) is 23.6 Å². The maximum Gasteiger partial charge on any atom is 0.248 e. The van der Waals surface area contributed by atoms with E-state index in [1.165, 1.54) is 28.4 Å². The molecule has 0 unspecified atom stereocenters. The van der Waals surface area contributed by atoms with Crippen LogP contribution in [0.15, 0.2) is 66.0 Å². The van der Waals surface area contributed by atoms with Crippen molar-refractivity contribution in [3.05, 3.63) is 82.3 Å². The van der Waals surface area contributed by atoms with Crippen LogP contribution in [0.25, 0.3) is 0 Å². The van der Waals surface area contributed by atoms with Crippen LogP contribution in [0.4, 0.5) is 10.1 Å². The standard InChI is InChI=1S/C27H29FN2O3S/c1-2-33-24-15-6-5-14-23(24)26(27(32)29-20-10-3-4-11-20)30(21-12-7-9-19(28)17-21)25(31)18-22-13-8-16-34-22/h5-9,12-17,20,26H,2-4,10-11,18H2,1H3,(H,29,32)/t26-/m0/s1. The van der Waals surface area contributed by atoms with E-state index >= 15 is 0 Å². The zero-order valence-corrected chi connectivity index (χ0v) is 20.0. The van der Waals surface area contributed by atoms with Crippen LogP contribution in [-0.4, -0.2) is 24.5 Å². The van der Waals surface area contributed by atoms with Gasteiger partial charge in [-0.2, -0.15) is 0 Å². The van der Waals surface area contributed by atoms with E-state index in [1.54, 1.807) is 24.3 Å². The summed E-state index contributed by atoms with van der Waals surface area (Å²) >= 11 is 1.47. The normalized spacial score (nSPS) is 14.5. The highest BCUT2D eigenvalue weighted by Crippen LogP contribution is 2.35. The van der Waals surface area contributed by atoms with E-state index in [1.807, 2.05) is 36.6 Å². The Bertz CT molecular complexity index is 1110. The molecule has 1 saturated carbocycles. The number of carbonyl (C=O) groups is 2. The molecule has 1 N–H and O–H groups in total. The number of thiophene rings is 1. The lowest BCUT2D eigenvalue weighted by molar-refractivity contribution is -0.127. The molecular weight excluding hydrogens is 451 g/mol. The molecule has 1 aromatic heterocycles. The summed E-state index contributed by atoms with van der Waals surface area (Å²) in [5.41, 5.74) is 0.906. The number of amides is 2. The number of nitrogens with zero attached hydrogens (tertiary/aromatic N) is 1. The fourth-order valence-corrected chi connectivity index (χ4v) is 5.15. The third kappa shape index (κ3) is 5.65. The summed E-state index contributed by atoms with van der Waals surface area (Å²) in [6.07, 6.45) is 4.06. The van der Waals surface area contributed by atoms with Gasteiger partial charge in [0.05, 0.1) is 13.0 Å². The Morgan fingerprint density at radius 1 is 1.12 bits per heavy atom. The molecule has 1 aliphatic rings. The molecule has 1 heterocycles. The Hall–Kier alpha value is -3.19. The molecule has 5 nitrogen and oxygen atoms in total. The molecule has 1 aliphatic carbocycles. The summed E-state index contributed by atoms with van der Waals surface area (Å²) in [5.74, 6) is -0.518. The van der Waals surface area contributed by atoms with Gasteiger partial charge in [0, 0.05) is 22.2 Å². The number of benzene rings is 2. The number of carbonyl (C=O) groups excluding carboxylic acids is 2. The number of hydrogen-bond acceptors (Lipinski definition) is 4. The van der Waals surface area contributed by atoms with Crippen molar-refractivity contribution < 1.29 is 18.7 Å². The van der Waals surface area contributed by atoms with Crippen LogP contribution in [0.1, 0.15) is 49.1 Å². The van der Waals surface area contributed by atoms with Gasteiger partial charge in [-0.05, 0) is 55.5 Å². The van der Waals surface area contributed by atoms with Crippen LogP contribution in [-0.2, 0) is 16.0 Å². The van der Waals surface area contributed by atoms with Crippen molar-refractivity contribution in [3.8, 4) is 5.75 Å². The van der Waals surface area contributed by atoms with Gasteiger partial charge in [-0.15, -0.1) is 11.3 Å². The summed E-state index contributed by atoms with van der Waals surface area (Å²) in [6.45, 7) is 2.29. The van der Waals surface area contributed by atoms with Gasteiger partial charge in [0.25, 0.3) is 0 Å². The van der Waals surface area contributed by atoms with Crippen molar-refractivity contribution in [1.29, 1.82) is 0 Å². The lowest BCUT2D eigenvalue weighted by Crippen LogP contribution is -2.47. The monoisotopic (exact) mass is 480 g/mol. The Labute approximate surface area is 203 Å². The van der Waals surface area contributed by atoms with Gasteiger partial charge < -0.3 is 10.1 Å². The Morgan fingerprint density at radius 3 is 2.62 bits per heavy atom. The third-order valence-electron chi connectivity index (χ3n) is 5.98. The molecule has 2 amide bonds. The first-order valence-corrected chi connectivity index (χ1v) is 12.6. The molecule has 2 aromatic carbocycles. The highest BCUT2D eigenvalue weighted by atomic mass is 32.1. The summed E-state index contributed by atoms with van der Waals surface area (Å²) < 4.78 is 20.1. The first-order valence-electron chi connectivity index (χ1n) is 11.7. The van der Waals surface area contributed by atoms with E-state index in [2.05, 4.69) is 5.32 Å². The highest BCUT2D eigenvalue weighted by Gasteiger charge is 2.36. The van der Waals surface area contributed by atoms with Gasteiger partial charge in [-0.1, -0.05) is 43.2 Å². The average Bonchev–Trinajstić information content (AvgIpc) is 3.52. The lowest BCUT2D eigenvalue weighted by Gasteiger charge is -2.33. The van der Waals surface area contributed by atoms with E-state index in [4.69, 9.17) is 4.74 Å². The first kappa shape index (κ1) is 24.0. The van der Waals surface area contributed by atoms with Crippen molar-refractivity contribution in [1.82, 2.24) is 5.32 Å². The van der Waals surface area contributed by atoms with E-state index in [9.17, 15) is 14.0 Å². The van der Waals surface area contributed by atoms with Crippen LogP contribution in [0.3, 0.4) is 0 Å². The maximum atomic E-state index is 14.3. The maximum absolute atomic E-state index is 14.3. The minimum absolute atomic E-state index is 0.0658. The van der Waals surface area contributed by atoms with Crippen molar-refractivity contribution >= 4 is 28.8 Å². The molecule has 1 atom stereocenters. The number of rotatable bonds is 9. The SMILES string of the molecule is CCOc1ccccc1[C@@H](C(=O)NC1CCCC1)N(C(=O)Cc1cccs1)c1cccc(F)c1. The topological polar surface area (TPSA) is 58.6 Å². The largest absolute Gasteiger partial charge is 0.493 e. The zero-order chi connectivity index (χ0) is 23.9. The summed E-state index contributed by atoms with van der Waals surface area (Å²) in [5, 5.41) is 5.05. The Balaban J connectivity index is 1.81. The van der Waals surface area contributed by atoms with Gasteiger partial charge in [0.15, 0.2) is 0 Å². The number of ether oxygens (including phenoxy) is 1. The first-order chi connectivity index (χ1) is 16.6. The molecule has 0 radical (unpaired) electrons. The average molecular weight is 481 g/mol. The van der Waals surface area contributed by atoms with Crippen LogP contribution in [0.5, 0.6) is 5.75 Å². The Morgan fingerprint density at radius 2 is 1.91 bits per heavy atom. The van der Waals surface area contributed by atoms with E-state index in [-0.39, 0.29) is 24.3 Å². The number of hydrogen-bond donors (Lipinski definition) is 1. The molecule has 0 aliphatic heterocycles. The molecule has 1 fully saturated rings. The van der Waals surface area contributed by atoms with E-state index < -0.39 is 11.9 Å². The molecule has 0 saturated heterocycles. The van der Waals surface area contributed by atoms with Crippen LogP contribution in [0.2, 0.25) is 0 Å². The minimum Gasteiger partial charge on any atom is -0.493 e. The van der Waals surface area contributed by atoms with Gasteiger partial charge in [0.2, 0.25) is 11.8 Å². The van der Waals surface area contributed by atoms with Gasteiger partial charge in [-0.3, -0.25) is 14.5 Å². The van der Waals surface area contributed by atoms with Crippen molar-refractivity contribution in [2.24, 2.45) is 0 Å². The fraction of sp³-hybridized carbons (Fsp3) is 0.333. The number of nitrogens with one attached hydrogen (secondary N) is 1. The molecule has 0 bridgehead atoms. The molecule has 0 spiro atoms. The minimum atomic E-state index is -1.00. The summed E-state index contributed by atoms with van der Waals surface area (Å²) in [4.78, 5) is 29.8. The molecule has 34 heavy (non-hydrogen) atoms. The quantitative estimate of drug-likeness (QED) is 0.430. The number of para-hydroxylation sites is 1. The second-order valence-corrected chi connectivity index (χ2v) is 9.40. The van der Waals surface area contributed by atoms with Gasteiger partial charge >= 0.3 is 0 Å². The molecule has 178 valence electrons. The molecule has 7 heteroatoms. The van der Waals surface area contributed by atoms with Crippen molar-refractivity contribution in [2.45, 2.75) is 51.1 Å². The predicted octanol–water partition coefficient (Wildman–Crippen LogP) is 5.66. The summed E-state index contributed by atoms with van der Waals surface area (Å²) in [7, 11) is 0. The van der Waals surface area contributed by atoms with Gasteiger partial charge in [-0.25, -0.2) is 4.39 Å². The third-order valence-corrected chi connectivity index (χ3v) is 6.86. The van der Waals surface area contributed by atoms with Crippen molar-refractivity contribution in [2.75, 3.05) is 11.5 Å². The molecule has 3 aromatic rings. The van der Waals surface area contributed by atoms with Crippen molar-refractivity contribution in [3.63, 3.8) is 0 Å². The second-order valence-electron chi connectivity index (χ2n) is 8.36. The number of halogens is 1. The number of anilines is 1. The fourth-order valence-electron chi connectivity index (χ4n) is 4.45. The van der Waals surface area contributed by atoms with E-state index in [0.717, 1.165) is 30.6 Å². The van der Waals surface area contributed by atoms with Crippen LogP contribution >= 0.6 is 11.3 Å². The highest BCUT2D eigenvalue weighted by molar-refractivity contribution is 7.10. The lowest BCUT2D eigenvalue weighted by atomic mass is 10.0.